The van der Waals surface area contributed by atoms with Gasteiger partial charge in [0.2, 0.25) is 0 Å². The lowest BCUT2D eigenvalue weighted by atomic mass is 9.79. The van der Waals surface area contributed by atoms with Gasteiger partial charge in [-0.1, -0.05) is 56.2 Å². The molecule has 0 amide bonds. The van der Waals surface area contributed by atoms with Crippen molar-refractivity contribution >= 4 is 13.9 Å². The summed E-state index contributed by atoms with van der Waals surface area (Å²) in [6.45, 7) is 13.7. The lowest BCUT2D eigenvalue weighted by molar-refractivity contribution is 0.424. The van der Waals surface area contributed by atoms with E-state index < -0.39 is 0 Å². The van der Waals surface area contributed by atoms with Gasteiger partial charge in [0, 0.05) is 30.2 Å². The predicted octanol–water partition coefficient (Wildman–Crippen LogP) is 4.43. The Morgan fingerprint density at radius 3 is 2.08 bits per heavy atom. The Bertz CT molecular complexity index is 665. The quantitative estimate of drug-likeness (QED) is 0.614. The zero-order valence-electron chi connectivity index (χ0n) is 16.3. The molecule has 2 N–H and O–H groups in total. The number of phenols is 1. The third kappa shape index (κ3) is 5.52. The van der Waals surface area contributed by atoms with Gasteiger partial charge in [0.15, 0.2) is 0 Å². The maximum absolute atomic E-state index is 10.8. The molecule has 0 bridgehead atoms. The summed E-state index contributed by atoms with van der Waals surface area (Å²) in [5.41, 5.74) is 2.97. The van der Waals surface area contributed by atoms with E-state index in [0.717, 1.165) is 29.7 Å². The first kappa shape index (κ1) is 19.9. The molecule has 0 spiro atoms. The molecular weight excluding hydrogens is 327 g/mol. The smallest absolute Gasteiger partial charge is 0.123 e. The van der Waals surface area contributed by atoms with Gasteiger partial charge >= 0.3 is 0 Å². The maximum atomic E-state index is 10.8. The third-order valence-electron chi connectivity index (χ3n) is 4.18. The summed E-state index contributed by atoms with van der Waals surface area (Å²) < 4.78 is 0. The highest BCUT2D eigenvalue weighted by Gasteiger charge is 2.26. The van der Waals surface area contributed by atoms with E-state index in [1.54, 1.807) is 0 Å². The summed E-state index contributed by atoms with van der Waals surface area (Å²) in [6, 6.07) is 10.3. The standard InChI is InChI=1S/C21H31N2OP/c1-20(2,3)17-11-16(12-18(19(17)24)21(4,5)6)25-14-22-13-15-9-7-8-10-23-15/h7-12,22,24-25H,13-14H2,1-6H3. The van der Waals surface area contributed by atoms with Crippen molar-refractivity contribution in [3.63, 3.8) is 0 Å². The van der Waals surface area contributed by atoms with Crippen molar-refractivity contribution in [1.29, 1.82) is 0 Å². The fourth-order valence-corrected chi connectivity index (χ4v) is 3.68. The van der Waals surface area contributed by atoms with Gasteiger partial charge in [-0.3, -0.25) is 4.98 Å². The first-order valence-corrected chi connectivity index (χ1v) is 10.0. The Balaban J connectivity index is 2.14. The number of pyridine rings is 1. The molecule has 0 radical (unpaired) electrons. The van der Waals surface area contributed by atoms with Crippen LogP contribution in [0.2, 0.25) is 0 Å². The number of aromatic hydroxyl groups is 1. The van der Waals surface area contributed by atoms with Crippen LogP contribution in [0.1, 0.15) is 58.4 Å². The molecule has 0 aliphatic heterocycles. The summed E-state index contributed by atoms with van der Waals surface area (Å²) in [4.78, 5) is 4.34. The van der Waals surface area contributed by atoms with Gasteiger partial charge in [-0.05, 0) is 40.4 Å². The minimum absolute atomic E-state index is 0.0774. The van der Waals surface area contributed by atoms with Gasteiger partial charge in [0.05, 0.1) is 5.69 Å². The van der Waals surface area contributed by atoms with Crippen LogP contribution >= 0.6 is 8.58 Å². The Kier molecular flexibility index (Phi) is 6.24. The van der Waals surface area contributed by atoms with E-state index in [2.05, 4.69) is 64.0 Å². The highest BCUT2D eigenvalue weighted by Crippen LogP contribution is 2.39. The summed E-state index contributed by atoms with van der Waals surface area (Å²) in [5, 5.41) is 15.5. The van der Waals surface area contributed by atoms with Gasteiger partial charge in [-0.15, -0.1) is 0 Å². The second-order valence-electron chi connectivity index (χ2n) is 8.52. The Morgan fingerprint density at radius 2 is 1.60 bits per heavy atom. The van der Waals surface area contributed by atoms with Gasteiger partial charge in [-0.2, -0.15) is 0 Å². The molecule has 25 heavy (non-hydrogen) atoms. The van der Waals surface area contributed by atoms with E-state index in [4.69, 9.17) is 0 Å². The molecule has 2 aromatic rings. The molecule has 2 rings (SSSR count). The molecule has 0 fully saturated rings. The van der Waals surface area contributed by atoms with E-state index in [1.165, 1.54) is 5.30 Å². The second kappa shape index (κ2) is 7.85. The van der Waals surface area contributed by atoms with E-state index in [-0.39, 0.29) is 10.8 Å². The normalized spacial score (nSPS) is 12.9. The molecule has 0 saturated carbocycles. The van der Waals surface area contributed by atoms with Crippen LogP contribution in [-0.2, 0) is 17.4 Å². The van der Waals surface area contributed by atoms with Crippen LogP contribution in [0, 0.1) is 0 Å². The molecule has 0 aliphatic carbocycles. The number of hydrogen-bond donors (Lipinski definition) is 2. The average Bonchev–Trinajstić information content (AvgIpc) is 2.51. The van der Waals surface area contributed by atoms with E-state index in [1.807, 2.05) is 24.4 Å². The van der Waals surface area contributed by atoms with Crippen LogP contribution in [0.5, 0.6) is 5.75 Å². The van der Waals surface area contributed by atoms with Crippen LogP contribution < -0.4 is 10.6 Å². The molecule has 1 aromatic carbocycles. The van der Waals surface area contributed by atoms with E-state index in [0.29, 0.717) is 14.3 Å². The molecule has 4 heteroatoms. The van der Waals surface area contributed by atoms with Crippen LogP contribution in [0.3, 0.4) is 0 Å². The predicted molar refractivity (Wildman–Crippen MR) is 109 cm³/mol. The van der Waals surface area contributed by atoms with Crippen LogP contribution in [0.25, 0.3) is 0 Å². The van der Waals surface area contributed by atoms with Crippen molar-refractivity contribution in [3.8, 4) is 5.75 Å². The lowest BCUT2D eigenvalue weighted by Crippen LogP contribution is -2.21. The SMILES string of the molecule is CC(C)(C)c1cc(PCNCc2ccccn2)cc(C(C)(C)C)c1O. The Hall–Kier alpha value is -1.44. The number of hydrogen-bond acceptors (Lipinski definition) is 3. The number of phenolic OH excluding ortho intramolecular Hbond substituents is 1. The monoisotopic (exact) mass is 358 g/mol. The van der Waals surface area contributed by atoms with Crippen molar-refractivity contribution in [2.45, 2.75) is 58.9 Å². The summed E-state index contributed by atoms with van der Waals surface area (Å²) in [5.74, 6) is 0.454. The van der Waals surface area contributed by atoms with Crippen molar-refractivity contribution in [1.82, 2.24) is 10.3 Å². The molecule has 1 heterocycles. The molecule has 3 nitrogen and oxygen atoms in total. The summed E-state index contributed by atoms with van der Waals surface area (Å²) >= 11 is 0. The van der Waals surface area contributed by atoms with Gasteiger partial charge in [0.1, 0.15) is 5.75 Å². The fourth-order valence-electron chi connectivity index (χ4n) is 2.74. The molecule has 0 saturated heterocycles. The van der Waals surface area contributed by atoms with Crippen molar-refractivity contribution in [2.24, 2.45) is 0 Å². The van der Waals surface area contributed by atoms with Crippen LogP contribution in [0.4, 0.5) is 0 Å². The zero-order valence-corrected chi connectivity index (χ0v) is 17.3. The lowest BCUT2D eigenvalue weighted by Gasteiger charge is -2.28. The maximum Gasteiger partial charge on any atom is 0.123 e. The number of nitrogens with one attached hydrogen (secondary N) is 1. The van der Waals surface area contributed by atoms with Crippen LogP contribution in [0.15, 0.2) is 36.5 Å². The minimum Gasteiger partial charge on any atom is -0.507 e. The van der Waals surface area contributed by atoms with Gasteiger partial charge < -0.3 is 10.4 Å². The molecule has 1 aromatic heterocycles. The molecular formula is C21H31N2OP. The topological polar surface area (TPSA) is 45.2 Å². The van der Waals surface area contributed by atoms with Gasteiger partial charge in [-0.25, -0.2) is 0 Å². The van der Waals surface area contributed by atoms with Crippen LogP contribution in [-0.4, -0.2) is 16.4 Å². The number of rotatable bonds is 5. The largest absolute Gasteiger partial charge is 0.507 e. The third-order valence-corrected chi connectivity index (χ3v) is 5.30. The highest BCUT2D eigenvalue weighted by molar-refractivity contribution is 7.47. The first-order chi connectivity index (χ1) is 11.6. The number of aromatic nitrogens is 1. The van der Waals surface area contributed by atoms with Crippen molar-refractivity contribution in [2.75, 3.05) is 6.29 Å². The van der Waals surface area contributed by atoms with Crippen molar-refractivity contribution < 1.29 is 5.11 Å². The minimum atomic E-state index is -0.0774. The van der Waals surface area contributed by atoms with Gasteiger partial charge in [0.25, 0.3) is 0 Å². The van der Waals surface area contributed by atoms with E-state index >= 15 is 0 Å². The molecule has 0 aliphatic rings. The number of benzene rings is 1. The average molecular weight is 358 g/mol. The summed E-state index contributed by atoms with van der Waals surface area (Å²) in [6.07, 6.45) is 2.74. The zero-order chi connectivity index (χ0) is 18.7. The molecule has 136 valence electrons. The first-order valence-electron chi connectivity index (χ1n) is 8.81. The number of nitrogens with zero attached hydrogens (tertiary/aromatic N) is 1. The van der Waals surface area contributed by atoms with E-state index in [9.17, 15) is 5.11 Å². The van der Waals surface area contributed by atoms with Crippen molar-refractivity contribution in [3.05, 3.63) is 53.3 Å². The second-order valence-corrected chi connectivity index (χ2v) is 9.81. The Morgan fingerprint density at radius 1 is 1.00 bits per heavy atom. The molecule has 1 unspecified atom stereocenters. The molecule has 1 atom stereocenters. The fraction of sp³-hybridized carbons (Fsp3) is 0.476. The summed E-state index contributed by atoms with van der Waals surface area (Å²) in [7, 11) is 0.653. The highest BCUT2D eigenvalue weighted by atomic mass is 31.1. The Labute approximate surface area is 154 Å².